The molecule has 2 N–H and O–H groups in total. The lowest BCUT2D eigenvalue weighted by Crippen LogP contribution is -2.14. The Morgan fingerprint density at radius 2 is 2.05 bits per heavy atom. The summed E-state index contributed by atoms with van der Waals surface area (Å²) in [6.07, 6.45) is 1.58. The van der Waals surface area contributed by atoms with Crippen LogP contribution in [-0.4, -0.2) is 34.7 Å². The quantitative estimate of drug-likeness (QED) is 0.849. The molecule has 1 aromatic carbocycles. The van der Waals surface area contributed by atoms with Crippen molar-refractivity contribution in [1.29, 1.82) is 0 Å². The Kier molecular flexibility index (Phi) is 3.92. The highest BCUT2D eigenvalue weighted by molar-refractivity contribution is 5.72. The van der Waals surface area contributed by atoms with Gasteiger partial charge in [0.1, 0.15) is 12.3 Å². The molecule has 1 aromatic heterocycles. The van der Waals surface area contributed by atoms with Crippen LogP contribution in [0.5, 0.6) is 5.75 Å². The van der Waals surface area contributed by atoms with Gasteiger partial charge in [-0.05, 0) is 30.3 Å². The number of aromatic nitrogens is 2. The predicted molar refractivity (Wildman–Crippen MR) is 70.1 cm³/mol. The fraction of sp³-hybridized carbons (Fsp3) is 0.154. The fourth-order valence-electron chi connectivity index (χ4n) is 1.52. The molecular formula is C13H13N3O3. The van der Waals surface area contributed by atoms with Gasteiger partial charge in [-0.25, -0.2) is 9.97 Å². The number of nitrogens with zero attached hydrogens (tertiary/aromatic N) is 2. The molecule has 6 nitrogen and oxygen atoms in total. The van der Waals surface area contributed by atoms with E-state index >= 15 is 0 Å². The largest absolute Gasteiger partial charge is 0.497 e. The summed E-state index contributed by atoms with van der Waals surface area (Å²) >= 11 is 0. The van der Waals surface area contributed by atoms with E-state index in [4.69, 9.17) is 9.84 Å². The van der Waals surface area contributed by atoms with Crippen molar-refractivity contribution in [1.82, 2.24) is 9.97 Å². The van der Waals surface area contributed by atoms with Gasteiger partial charge in [0.2, 0.25) is 5.95 Å². The second-order valence-electron chi connectivity index (χ2n) is 3.74. The van der Waals surface area contributed by atoms with Gasteiger partial charge >= 0.3 is 5.97 Å². The molecule has 2 aromatic rings. The highest BCUT2D eigenvalue weighted by atomic mass is 16.5. The standard InChI is InChI=1S/C13H13N3O3/c1-19-10-4-2-9(3-5-10)11-6-7-14-13(16-11)15-8-12(17)18/h2-7H,8H2,1H3,(H,17,18)(H,14,15,16). The number of anilines is 1. The first-order chi connectivity index (χ1) is 9.19. The van der Waals surface area contributed by atoms with E-state index in [1.54, 1.807) is 19.4 Å². The molecule has 1 heterocycles. The number of rotatable bonds is 5. The third-order valence-electron chi connectivity index (χ3n) is 2.44. The van der Waals surface area contributed by atoms with Crippen LogP contribution in [0.1, 0.15) is 0 Å². The summed E-state index contributed by atoms with van der Waals surface area (Å²) in [5.41, 5.74) is 1.62. The second kappa shape index (κ2) is 5.81. The van der Waals surface area contributed by atoms with Crippen LogP contribution in [0.2, 0.25) is 0 Å². The molecule has 0 aliphatic heterocycles. The molecule has 0 fully saturated rings. The molecule has 0 atom stereocenters. The zero-order valence-electron chi connectivity index (χ0n) is 10.3. The van der Waals surface area contributed by atoms with Gasteiger partial charge in [0.25, 0.3) is 0 Å². The SMILES string of the molecule is COc1ccc(-c2ccnc(NCC(=O)O)n2)cc1. The van der Waals surface area contributed by atoms with Gasteiger partial charge < -0.3 is 15.2 Å². The molecule has 6 heteroatoms. The van der Waals surface area contributed by atoms with Crippen LogP contribution in [0.3, 0.4) is 0 Å². The van der Waals surface area contributed by atoms with Gasteiger partial charge in [0, 0.05) is 11.8 Å². The van der Waals surface area contributed by atoms with Gasteiger partial charge in [0.05, 0.1) is 12.8 Å². The van der Waals surface area contributed by atoms with E-state index in [0.717, 1.165) is 11.3 Å². The molecule has 0 bridgehead atoms. The number of nitrogens with one attached hydrogen (secondary N) is 1. The van der Waals surface area contributed by atoms with E-state index in [1.165, 1.54) is 0 Å². The van der Waals surface area contributed by atoms with Crippen molar-refractivity contribution in [3.63, 3.8) is 0 Å². The number of methoxy groups -OCH3 is 1. The third kappa shape index (κ3) is 3.41. The molecular weight excluding hydrogens is 246 g/mol. The van der Waals surface area contributed by atoms with E-state index in [9.17, 15) is 4.79 Å². The number of carbonyl (C=O) groups is 1. The molecule has 0 saturated carbocycles. The van der Waals surface area contributed by atoms with Crippen molar-refractivity contribution in [2.45, 2.75) is 0 Å². The number of carboxylic acids is 1. The van der Waals surface area contributed by atoms with Gasteiger partial charge in [-0.1, -0.05) is 0 Å². The maximum absolute atomic E-state index is 10.5. The summed E-state index contributed by atoms with van der Waals surface area (Å²) in [7, 11) is 1.60. The van der Waals surface area contributed by atoms with Crippen LogP contribution in [-0.2, 0) is 4.79 Å². The maximum atomic E-state index is 10.5. The third-order valence-corrected chi connectivity index (χ3v) is 2.44. The monoisotopic (exact) mass is 259 g/mol. The summed E-state index contributed by atoms with van der Waals surface area (Å²) < 4.78 is 5.08. The predicted octanol–water partition coefficient (Wildman–Crippen LogP) is 1.65. The van der Waals surface area contributed by atoms with E-state index < -0.39 is 5.97 Å². The average Bonchev–Trinajstić information content (AvgIpc) is 2.45. The Labute approximate surface area is 110 Å². The molecule has 0 radical (unpaired) electrons. The molecule has 0 aliphatic carbocycles. The van der Waals surface area contributed by atoms with Crippen LogP contribution in [0.15, 0.2) is 36.5 Å². The van der Waals surface area contributed by atoms with Crippen molar-refractivity contribution in [2.24, 2.45) is 0 Å². The Morgan fingerprint density at radius 1 is 1.32 bits per heavy atom. The molecule has 0 aliphatic rings. The highest BCUT2D eigenvalue weighted by Crippen LogP contribution is 2.20. The van der Waals surface area contributed by atoms with Crippen LogP contribution in [0.25, 0.3) is 11.3 Å². The summed E-state index contributed by atoms with van der Waals surface area (Å²) in [5, 5.41) is 11.2. The number of aliphatic carboxylic acids is 1. The summed E-state index contributed by atoms with van der Waals surface area (Å²) in [6.45, 7) is -0.216. The van der Waals surface area contributed by atoms with E-state index in [-0.39, 0.29) is 12.5 Å². The average molecular weight is 259 g/mol. The zero-order valence-corrected chi connectivity index (χ0v) is 10.3. The Balaban J connectivity index is 2.19. The van der Waals surface area contributed by atoms with E-state index in [1.807, 2.05) is 24.3 Å². The van der Waals surface area contributed by atoms with Crippen LogP contribution >= 0.6 is 0 Å². The lowest BCUT2D eigenvalue weighted by Gasteiger charge is -2.05. The fourth-order valence-corrected chi connectivity index (χ4v) is 1.52. The highest BCUT2D eigenvalue weighted by Gasteiger charge is 2.04. The van der Waals surface area contributed by atoms with Crippen molar-refractivity contribution >= 4 is 11.9 Å². The molecule has 0 spiro atoms. The first kappa shape index (κ1) is 12.8. The minimum Gasteiger partial charge on any atom is -0.497 e. The molecule has 0 saturated heterocycles. The smallest absolute Gasteiger partial charge is 0.322 e. The minimum absolute atomic E-state index is 0.216. The molecule has 0 unspecified atom stereocenters. The zero-order chi connectivity index (χ0) is 13.7. The summed E-state index contributed by atoms with van der Waals surface area (Å²) in [4.78, 5) is 18.7. The molecule has 19 heavy (non-hydrogen) atoms. The number of ether oxygens (including phenoxy) is 1. The van der Waals surface area contributed by atoms with Crippen molar-refractivity contribution in [3.8, 4) is 17.0 Å². The Bertz CT molecular complexity index is 570. The normalized spacial score (nSPS) is 9.95. The second-order valence-corrected chi connectivity index (χ2v) is 3.74. The topological polar surface area (TPSA) is 84.3 Å². The molecule has 98 valence electrons. The van der Waals surface area contributed by atoms with Gasteiger partial charge in [-0.15, -0.1) is 0 Å². The van der Waals surface area contributed by atoms with Crippen molar-refractivity contribution in [3.05, 3.63) is 36.5 Å². The van der Waals surface area contributed by atoms with E-state index in [2.05, 4.69) is 15.3 Å². The first-order valence-corrected chi connectivity index (χ1v) is 5.62. The van der Waals surface area contributed by atoms with Crippen LogP contribution in [0, 0.1) is 0 Å². The number of carboxylic acid groups (broad SMARTS) is 1. The molecule has 2 rings (SSSR count). The van der Waals surface area contributed by atoms with Gasteiger partial charge in [-0.3, -0.25) is 4.79 Å². The lowest BCUT2D eigenvalue weighted by molar-refractivity contribution is -0.134. The number of hydrogen-bond acceptors (Lipinski definition) is 5. The van der Waals surface area contributed by atoms with Crippen molar-refractivity contribution in [2.75, 3.05) is 19.0 Å². The maximum Gasteiger partial charge on any atom is 0.322 e. The van der Waals surface area contributed by atoms with E-state index in [0.29, 0.717) is 5.69 Å². The van der Waals surface area contributed by atoms with Crippen molar-refractivity contribution < 1.29 is 14.6 Å². The lowest BCUT2D eigenvalue weighted by atomic mass is 10.1. The van der Waals surface area contributed by atoms with Crippen LogP contribution in [0.4, 0.5) is 5.95 Å². The molecule has 0 amide bonds. The van der Waals surface area contributed by atoms with Gasteiger partial charge in [-0.2, -0.15) is 0 Å². The van der Waals surface area contributed by atoms with Gasteiger partial charge in [0.15, 0.2) is 0 Å². The first-order valence-electron chi connectivity index (χ1n) is 5.62. The Hall–Kier alpha value is -2.63. The minimum atomic E-state index is -0.960. The summed E-state index contributed by atoms with van der Waals surface area (Å²) in [6, 6.07) is 9.18. The number of hydrogen-bond donors (Lipinski definition) is 2. The Morgan fingerprint density at radius 3 is 2.68 bits per heavy atom. The summed E-state index contributed by atoms with van der Waals surface area (Å²) in [5.74, 6) is 0.0937. The number of benzene rings is 1. The van der Waals surface area contributed by atoms with Crippen LogP contribution < -0.4 is 10.1 Å².